The molecule has 0 bridgehead atoms. The van der Waals surface area contributed by atoms with E-state index in [4.69, 9.17) is 10.5 Å². The molecule has 18 heavy (non-hydrogen) atoms. The van der Waals surface area contributed by atoms with Gasteiger partial charge in [0.05, 0.1) is 12.5 Å². The Kier molecular flexibility index (Phi) is 7.04. The zero-order valence-electron chi connectivity index (χ0n) is 11.5. The van der Waals surface area contributed by atoms with Crippen LogP contribution < -0.4 is 11.1 Å². The van der Waals surface area contributed by atoms with Gasteiger partial charge in [-0.1, -0.05) is 19.3 Å². The second-order valence-electron chi connectivity index (χ2n) is 5.02. The highest BCUT2D eigenvalue weighted by Gasteiger charge is 2.31. The Morgan fingerprint density at radius 1 is 1.44 bits per heavy atom. The molecule has 1 fully saturated rings. The summed E-state index contributed by atoms with van der Waals surface area (Å²) in [6, 6.07) is 0. The molecule has 1 rings (SSSR count). The van der Waals surface area contributed by atoms with Crippen LogP contribution in [0, 0.1) is 0 Å². The van der Waals surface area contributed by atoms with E-state index in [2.05, 4.69) is 11.6 Å². The minimum atomic E-state index is -0.165. The van der Waals surface area contributed by atoms with Gasteiger partial charge in [0.1, 0.15) is 0 Å². The minimum Gasteiger partial charge on any atom is -0.380 e. The van der Waals surface area contributed by atoms with Gasteiger partial charge in [0, 0.05) is 24.9 Å². The number of methoxy groups -OCH3 is 1. The molecule has 0 aliphatic heterocycles. The topological polar surface area (TPSA) is 64.3 Å². The second-order valence-corrected chi connectivity index (χ2v) is 6.30. The molecule has 0 heterocycles. The molecule has 5 heteroatoms. The maximum atomic E-state index is 11.8. The van der Waals surface area contributed by atoms with Gasteiger partial charge in [-0.2, -0.15) is 11.8 Å². The molecule has 0 aromatic heterocycles. The van der Waals surface area contributed by atoms with E-state index >= 15 is 0 Å². The first-order chi connectivity index (χ1) is 8.65. The van der Waals surface area contributed by atoms with Gasteiger partial charge >= 0.3 is 0 Å². The molecule has 0 aromatic rings. The standard InChI is InChI=1S/C13H26N2O2S/c1-17-11(9-14)8-12(16)15-10-13(18-2)6-4-3-5-7-13/h11H,3-10,14H2,1-2H3,(H,15,16). The first kappa shape index (κ1) is 15.8. The summed E-state index contributed by atoms with van der Waals surface area (Å²) in [5.74, 6) is 0.0475. The Labute approximate surface area is 114 Å². The monoisotopic (exact) mass is 274 g/mol. The van der Waals surface area contributed by atoms with Crippen LogP contribution in [0.1, 0.15) is 38.5 Å². The predicted octanol–water partition coefficient (Wildman–Crippen LogP) is 1.53. The Morgan fingerprint density at radius 2 is 2.11 bits per heavy atom. The van der Waals surface area contributed by atoms with Crippen molar-refractivity contribution in [3.8, 4) is 0 Å². The van der Waals surface area contributed by atoms with Gasteiger partial charge in [-0.25, -0.2) is 0 Å². The number of nitrogens with two attached hydrogens (primary N) is 1. The number of nitrogens with one attached hydrogen (secondary N) is 1. The van der Waals surface area contributed by atoms with Crippen molar-refractivity contribution in [2.75, 3.05) is 26.5 Å². The third-order valence-corrected chi connectivity index (χ3v) is 5.23. The lowest BCUT2D eigenvalue weighted by atomic mass is 9.88. The zero-order chi connectivity index (χ0) is 13.4. The summed E-state index contributed by atoms with van der Waals surface area (Å²) >= 11 is 1.89. The molecule has 1 atom stereocenters. The van der Waals surface area contributed by atoms with Crippen molar-refractivity contribution in [1.29, 1.82) is 0 Å². The summed E-state index contributed by atoms with van der Waals surface area (Å²) in [6.07, 6.45) is 8.64. The molecule has 4 nitrogen and oxygen atoms in total. The molecule has 0 aromatic carbocycles. The summed E-state index contributed by atoms with van der Waals surface area (Å²) in [6.45, 7) is 1.16. The first-order valence-electron chi connectivity index (χ1n) is 6.70. The third-order valence-electron chi connectivity index (χ3n) is 3.81. The molecule has 0 saturated heterocycles. The van der Waals surface area contributed by atoms with Crippen molar-refractivity contribution in [3.05, 3.63) is 0 Å². The smallest absolute Gasteiger partial charge is 0.222 e. The fraction of sp³-hybridized carbons (Fsp3) is 0.923. The molecule has 1 aliphatic carbocycles. The van der Waals surface area contributed by atoms with Crippen LogP contribution in [0.25, 0.3) is 0 Å². The van der Waals surface area contributed by atoms with E-state index in [9.17, 15) is 4.79 Å². The summed E-state index contributed by atoms with van der Waals surface area (Å²) < 4.78 is 5.37. The van der Waals surface area contributed by atoms with Gasteiger partial charge in [-0.15, -0.1) is 0 Å². The molecule has 106 valence electrons. The summed E-state index contributed by atoms with van der Waals surface area (Å²) in [5, 5.41) is 3.05. The van der Waals surface area contributed by atoms with Gasteiger partial charge < -0.3 is 15.8 Å². The van der Waals surface area contributed by atoms with Gasteiger partial charge in [0.25, 0.3) is 0 Å². The van der Waals surface area contributed by atoms with Crippen molar-refractivity contribution in [3.63, 3.8) is 0 Å². The Morgan fingerprint density at radius 3 is 2.61 bits per heavy atom. The van der Waals surface area contributed by atoms with Gasteiger partial charge in [-0.05, 0) is 19.1 Å². The number of amides is 1. The van der Waals surface area contributed by atoms with Crippen LogP contribution in [0.4, 0.5) is 0 Å². The van der Waals surface area contributed by atoms with Crippen molar-refractivity contribution in [2.24, 2.45) is 5.73 Å². The fourth-order valence-corrected chi connectivity index (χ4v) is 3.36. The number of carbonyl (C=O) groups excluding carboxylic acids is 1. The molecule has 3 N–H and O–H groups in total. The lowest BCUT2D eigenvalue weighted by molar-refractivity contribution is -0.123. The first-order valence-corrected chi connectivity index (χ1v) is 7.93. The van der Waals surface area contributed by atoms with E-state index in [0.29, 0.717) is 13.0 Å². The van der Waals surface area contributed by atoms with Gasteiger partial charge in [-0.3, -0.25) is 4.79 Å². The second kappa shape index (κ2) is 8.02. The SMILES string of the molecule is COC(CN)CC(=O)NCC1(SC)CCCCC1. The molecule has 0 spiro atoms. The van der Waals surface area contributed by atoms with Crippen LogP contribution in [-0.2, 0) is 9.53 Å². The number of hydrogen-bond donors (Lipinski definition) is 2. The maximum Gasteiger partial charge on any atom is 0.222 e. The quantitative estimate of drug-likeness (QED) is 0.739. The molecule has 0 radical (unpaired) electrons. The minimum absolute atomic E-state index is 0.0475. The summed E-state index contributed by atoms with van der Waals surface area (Å²) in [5.41, 5.74) is 5.51. The Bertz CT molecular complexity index is 251. The molecule has 1 saturated carbocycles. The van der Waals surface area contributed by atoms with Crippen LogP contribution in [0.5, 0.6) is 0 Å². The largest absolute Gasteiger partial charge is 0.380 e. The van der Waals surface area contributed by atoms with E-state index in [0.717, 1.165) is 6.54 Å². The van der Waals surface area contributed by atoms with E-state index in [1.807, 2.05) is 11.8 Å². The third kappa shape index (κ3) is 4.78. The number of carbonyl (C=O) groups is 1. The number of hydrogen-bond acceptors (Lipinski definition) is 4. The number of ether oxygens (including phenoxy) is 1. The van der Waals surface area contributed by atoms with Gasteiger partial charge in [0.15, 0.2) is 0 Å². The normalized spacial score (nSPS) is 20.4. The maximum absolute atomic E-state index is 11.8. The van der Waals surface area contributed by atoms with Crippen LogP contribution in [-0.4, -0.2) is 43.2 Å². The summed E-state index contributed by atoms with van der Waals surface area (Å²) in [4.78, 5) is 11.8. The average Bonchev–Trinajstić information content (AvgIpc) is 2.43. The van der Waals surface area contributed by atoms with E-state index in [1.54, 1.807) is 7.11 Å². The number of thioether (sulfide) groups is 1. The summed E-state index contributed by atoms with van der Waals surface area (Å²) in [7, 11) is 1.59. The highest BCUT2D eigenvalue weighted by atomic mass is 32.2. The van der Waals surface area contributed by atoms with E-state index in [-0.39, 0.29) is 16.8 Å². The molecule has 1 amide bonds. The van der Waals surface area contributed by atoms with Crippen molar-refractivity contribution in [2.45, 2.75) is 49.4 Å². The van der Waals surface area contributed by atoms with Crippen LogP contribution >= 0.6 is 11.8 Å². The molecular formula is C13H26N2O2S. The Hall–Kier alpha value is -0.260. The van der Waals surface area contributed by atoms with Crippen LogP contribution in [0.3, 0.4) is 0 Å². The fourth-order valence-electron chi connectivity index (χ4n) is 2.45. The number of rotatable bonds is 7. The van der Waals surface area contributed by atoms with E-state index < -0.39 is 0 Å². The van der Waals surface area contributed by atoms with Crippen LogP contribution in [0.15, 0.2) is 0 Å². The molecule has 1 unspecified atom stereocenters. The lowest BCUT2D eigenvalue weighted by Crippen LogP contribution is -2.43. The van der Waals surface area contributed by atoms with Gasteiger partial charge in [0.2, 0.25) is 5.91 Å². The Balaban J connectivity index is 2.35. The molecular weight excluding hydrogens is 248 g/mol. The van der Waals surface area contributed by atoms with Crippen molar-refractivity contribution in [1.82, 2.24) is 5.32 Å². The lowest BCUT2D eigenvalue weighted by Gasteiger charge is -2.36. The zero-order valence-corrected chi connectivity index (χ0v) is 12.4. The average molecular weight is 274 g/mol. The van der Waals surface area contributed by atoms with E-state index in [1.165, 1.54) is 32.1 Å². The molecule has 1 aliphatic rings. The highest BCUT2D eigenvalue weighted by molar-refractivity contribution is 8.00. The highest BCUT2D eigenvalue weighted by Crippen LogP contribution is 2.37. The van der Waals surface area contributed by atoms with Crippen LogP contribution in [0.2, 0.25) is 0 Å². The predicted molar refractivity (Wildman–Crippen MR) is 76.8 cm³/mol. The van der Waals surface area contributed by atoms with Crippen molar-refractivity contribution >= 4 is 17.7 Å². The van der Waals surface area contributed by atoms with Crippen molar-refractivity contribution < 1.29 is 9.53 Å².